The Bertz CT molecular complexity index is 715. The number of nitriles is 1. The lowest BCUT2D eigenvalue weighted by molar-refractivity contribution is 0.0894. The summed E-state index contributed by atoms with van der Waals surface area (Å²) in [4.78, 5) is 0. The maximum Gasteiger partial charge on any atom is 0.0991 e. The monoisotopic (exact) mass is 326 g/mol. The highest BCUT2D eigenvalue weighted by molar-refractivity contribution is 6.30. The molecule has 0 spiro atoms. The largest absolute Gasteiger partial charge is 0.388 e. The number of nitrogens with zero attached hydrogens (tertiary/aromatic N) is 1. The second kappa shape index (κ2) is 7.14. The molecule has 2 aromatic carbocycles. The number of aliphatic hydroxyl groups is 1. The number of rotatable bonds is 3. The van der Waals surface area contributed by atoms with Crippen molar-refractivity contribution in [2.24, 2.45) is 5.92 Å². The van der Waals surface area contributed by atoms with E-state index in [-0.39, 0.29) is 5.92 Å². The van der Waals surface area contributed by atoms with Crippen LogP contribution in [0.5, 0.6) is 0 Å². The van der Waals surface area contributed by atoms with Gasteiger partial charge in [-0.2, -0.15) is 5.26 Å². The van der Waals surface area contributed by atoms with Crippen LogP contribution in [0.3, 0.4) is 0 Å². The van der Waals surface area contributed by atoms with Gasteiger partial charge in [0.05, 0.1) is 17.7 Å². The van der Waals surface area contributed by atoms with E-state index in [1.54, 1.807) is 6.07 Å². The van der Waals surface area contributed by atoms with Crippen LogP contribution in [0, 0.1) is 17.2 Å². The Morgan fingerprint density at radius 2 is 1.83 bits per heavy atom. The summed E-state index contributed by atoms with van der Waals surface area (Å²) in [6.45, 7) is 1.85. The van der Waals surface area contributed by atoms with Crippen LogP contribution in [0.2, 0.25) is 5.02 Å². The molecule has 23 heavy (non-hydrogen) atoms. The van der Waals surface area contributed by atoms with Crippen LogP contribution in [0.25, 0.3) is 11.1 Å². The van der Waals surface area contributed by atoms with Crippen molar-refractivity contribution in [1.82, 2.24) is 5.32 Å². The lowest BCUT2D eigenvalue weighted by Crippen LogP contribution is -2.31. The molecule has 2 aromatic rings. The van der Waals surface area contributed by atoms with Crippen molar-refractivity contribution >= 4 is 11.6 Å². The number of benzene rings is 2. The van der Waals surface area contributed by atoms with Gasteiger partial charge in [-0.1, -0.05) is 29.8 Å². The Morgan fingerprint density at radius 1 is 1.13 bits per heavy atom. The van der Waals surface area contributed by atoms with E-state index in [0.717, 1.165) is 42.6 Å². The molecule has 0 radical (unpaired) electrons. The Labute approximate surface area is 141 Å². The fraction of sp³-hybridized carbons (Fsp3) is 0.316. The van der Waals surface area contributed by atoms with Crippen LogP contribution in [-0.4, -0.2) is 18.2 Å². The van der Waals surface area contributed by atoms with Crippen molar-refractivity contribution in [3.05, 3.63) is 58.6 Å². The van der Waals surface area contributed by atoms with Gasteiger partial charge in [-0.3, -0.25) is 0 Å². The molecule has 1 unspecified atom stereocenters. The topological polar surface area (TPSA) is 56.0 Å². The Kier molecular flexibility index (Phi) is 4.97. The number of halogens is 1. The average molecular weight is 327 g/mol. The number of nitrogens with one attached hydrogen (secondary N) is 1. The first-order valence-corrected chi connectivity index (χ1v) is 8.25. The molecule has 3 nitrogen and oxygen atoms in total. The molecule has 0 amide bonds. The van der Waals surface area contributed by atoms with E-state index >= 15 is 0 Å². The van der Waals surface area contributed by atoms with Gasteiger partial charge in [0.25, 0.3) is 0 Å². The fourth-order valence-corrected chi connectivity index (χ4v) is 3.31. The van der Waals surface area contributed by atoms with Gasteiger partial charge in [0, 0.05) is 5.02 Å². The number of hydrogen-bond donors (Lipinski definition) is 2. The summed E-state index contributed by atoms with van der Waals surface area (Å²) in [5.74, 6) is 0.219. The zero-order chi connectivity index (χ0) is 16.2. The van der Waals surface area contributed by atoms with Crippen molar-refractivity contribution in [3.8, 4) is 17.2 Å². The number of piperidine rings is 1. The molecule has 118 valence electrons. The van der Waals surface area contributed by atoms with Crippen molar-refractivity contribution < 1.29 is 5.11 Å². The second-order valence-electron chi connectivity index (χ2n) is 5.95. The van der Waals surface area contributed by atoms with Gasteiger partial charge in [-0.05, 0) is 72.8 Å². The SMILES string of the molecule is N#Cc1ccc(-c2ccc(Cl)cc2)c(C(O)C2CCNCC2)c1. The van der Waals surface area contributed by atoms with Gasteiger partial charge < -0.3 is 10.4 Å². The molecular weight excluding hydrogens is 308 g/mol. The average Bonchev–Trinajstić information content (AvgIpc) is 2.62. The van der Waals surface area contributed by atoms with Gasteiger partial charge in [0.15, 0.2) is 0 Å². The minimum Gasteiger partial charge on any atom is -0.388 e. The molecule has 1 atom stereocenters. The summed E-state index contributed by atoms with van der Waals surface area (Å²) < 4.78 is 0. The smallest absolute Gasteiger partial charge is 0.0991 e. The number of hydrogen-bond acceptors (Lipinski definition) is 3. The minimum absolute atomic E-state index is 0.219. The molecule has 2 N–H and O–H groups in total. The summed E-state index contributed by atoms with van der Waals surface area (Å²) in [6.07, 6.45) is 1.33. The molecule has 1 aliphatic rings. The molecule has 1 heterocycles. The second-order valence-corrected chi connectivity index (χ2v) is 6.39. The maximum absolute atomic E-state index is 10.9. The van der Waals surface area contributed by atoms with Crippen LogP contribution in [0.1, 0.15) is 30.1 Å². The third-order valence-corrected chi connectivity index (χ3v) is 4.74. The third-order valence-electron chi connectivity index (χ3n) is 4.48. The molecule has 1 saturated heterocycles. The van der Waals surface area contributed by atoms with Crippen LogP contribution in [0.15, 0.2) is 42.5 Å². The Balaban J connectivity index is 2.02. The van der Waals surface area contributed by atoms with Crippen LogP contribution in [-0.2, 0) is 0 Å². The first kappa shape index (κ1) is 16.0. The molecule has 0 aliphatic carbocycles. The minimum atomic E-state index is -0.559. The van der Waals surface area contributed by atoms with Gasteiger partial charge >= 0.3 is 0 Å². The van der Waals surface area contributed by atoms with E-state index in [2.05, 4.69) is 11.4 Å². The first-order chi connectivity index (χ1) is 11.2. The molecule has 0 aromatic heterocycles. The van der Waals surface area contributed by atoms with E-state index < -0.39 is 6.10 Å². The van der Waals surface area contributed by atoms with Crippen LogP contribution in [0.4, 0.5) is 0 Å². The summed E-state index contributed by atoms with van der Waals surface area (Å²) in [7, 11) is 0. The summed E-state index contributed by atoms with van der Waals surface area (Å²) >= 11 is 5.97. The van der Waals surface area contributed by atoms with Crippen molar-refractivity contribution in [1.29, 1.82) is 5.26 Å². The molecule has 1 aliphatic heterocycles. The lowest BCUT2D eigenvalue weighted by atomic mass is 9.84. The fourth-order valence-electron chi connectivity index (χ4n) is 3.18. The zero-order valence-corrected chi connectivity index (χ0v) is 13.6. The Hall–Kier alpha value is -1.86. The van der Waals surface area contributed by atoms with Gasteiger partial charge in [0.2, 0.25) is 0 Å². The zero-order valence-electron chi connectivity index (χ0n) is 12.8. The predicted molar refractivity (Wildman–Crippen MR) is 92.2 cm³/mol. The summed E-state index contributed by atoms with van der Waals surface area (Å²) in [5.41, 5.74) is 3.37. The van der Waals surface area contributed by atoms with Crippen molar-refractivity contribution in [2.45, 2.75) is 18.9 Å². The van der Waals surface area contributed by atoms with Crippen molar-refractivity contribution in [3.63, 3.8) is 0 Å². The lowest BCUT2D eigenvalue weighted by Gasteiger charge is -2.29. The molecular formula is C19H19ClN2O. The molecule has 0 bridgehead atoms. The number of aliphatic hydroxyl groups excluding tert-OH is 1. The Morgan fingerprint density at radius 3 is 2.48 bits per heavy atom. The van der Waals surface area contributed by atoms with Gasteiger partial charge in [-0.15, -0.1) is 0 Å². The predicted octanol–water partition coefficient (Wildman–Crippen LogP) is 3.91. The summed E-state index contributed by atoms with van der Waals surface area (Å²) in [6, 6.07) is 15.3. The summed E-state index contributed by atoms with van der Waals surface area (Å²) in [5, 5.41) is 24.1. The molecule has 0 saturated carbocycles. The molecule has 1 fully saturated rings. The van der Waals surface area contributed by atoms with E-state index in [1.165, 1.54) is 0 Å². The van der Waals surface area contributed by atoms with E-state index in [1.807, 2.05) is 36.4 Å². The van der Waals surface area contributed by atoms with E-state index in [0.29, 0.717) is 10.6 Å². The maximum atomic E-state index is 10.9. The van der Waals surface area contributed by atoms with Gasteiger partial charge in [0.1, 0.15) is 0 Å². The van der Waals surface area contributed by atoms with Crippen LogP contribution >= 0.6 is 11.6 Å². The third kappa shape index (κ3) is 3.56. The normalized spacial score (nSPS) is 16.7. The first-order valence-electron chi connectivity index (χ1n) is 7.88. The highest BCUT2D eigenvalue weighted by Gasteiger charge is 2.25. The van der Waals surface area contributed by atoms with Crippen LogP contribution < -0.4 is 5.32 Å². The highest BCUT2D eigenvalue weighted by Crippen LogP contribution is 2.36. The highest BCUT2D eigenvalue weighted by atomic mass is 35.5. The quantitative estimate of drug-likeness (QED) is 0.899. The molecule has 4 heteroatoms. The standard InChI is InChI=1S/C19H19ClN2O/c20-16-4-2-14(3-5-16)17-6-1-13(12-21)11-18(17)19(23)15-7-9-22-10-8-15/h1-6,11,15,19,22-23H,7-10H2. The van der Waals surface area contributed by atoms with Crippen molar-refractivity contribution in [2.75, 3.05) is 13.1 Å². The van der Waals surface area contributed by atoms with E-state index in [4.69, 9.17) is 11.6 Å². The van der Waals surface area contributed by atoms with Gasteiger partial charge in [-0.25, -0.2) is 0 Å². The molecule has 3 rings (SSSR count). The van der Waals surface area contributed by atoms with E-state index in [9.17, 15) is 10.4 Å².